The first-order chi connectivity index (χ1) is 28.3. The zero-order valence-electron chi connectivity index (χ0n) is 30.5. The molecule has 0 saturated carbocycles. The fourth-order valence-electron chi connectivity index (χ4n) is 8.65. The van der Waals surface area contributed by atoms with Gasteiger partial charge in [0.15, 0.2) is 17.5 Å². The van der Waals surface area contributed by atoms with Crippen molar-refractivity contribution < 1.29 is 4.42 Å². The van der Waals surface area contributed by atoms with Crippen molar-refractivity contribution in [2.75, 3.05) is 0 Å². The summed E-state index contributed by atoms with van der Waals surface area (Å²) in [5.41, 5.74) is 11.1. The Morgan fingerprint density at radius 1 is 0.316 bits per heavy atom. The Morgan fingerprint density at radius 3 is 1.28 bits per heavy atom. The lowest BCUT2D eigenvalue weighted by Crippen LogP contribution is -2.01. The van der Waals surface area contributed by atoms with E-state index in [-0.39, 0.29) is 0 Å². The molecule has 266 valence electrons. The van der Waals surface area contributed by atoms with E-state index in [1.807, 2.05) is 60.7 Å². The van der Waals surface area contributed by atoms with Crippen LogP contribution in [0.3, 0.4) is 0 Å². The zero-order chi connectivity index (χ0) is 37.5. The van der Waals surface area contributed by atoms with Crippen LogP contribution in [-0.2, 0) is 0 Å². The molecule has 4 aromatic heterocycles. The van der Waals surface area contributed by atoms with Crippen molar-refractivity contribution >= 4 is 65.6 Å². The molecule has 6 heteroatoms. The first-order valence-electron chi connectivity index (χ1n) is 19.1. The monoisotopic (exact) mass is 729 g/mol. The van der Waals surface area contributed by atoms with E-state index in [0.29, 0.717) is 17.5 Å². The van der Waals surface area contributed by atoms with Gasteiger partial charge in [-0.25, -0.2) is 15.0 Å². The first kappa shape index (κ1) is 31.5. The fourth-order valence-corrected chi connectivity index (χ4v) is 8.65. The van der Waals surface area contributed by atoms with E-state index in [9.17, 15) is 0 Å². The summed E-state index contributed by atoms with van der Waals surface area (Å²) in [4.78, 5) is 15.0. The zero-order valence-corrected chi connectivity index (χ0v) is 30.5. The molecule has 4 heterocycles. The molecule has 12 rings (SSSR count). The SMILES string of the molecule is c1ccc(-c2nc(-c3ccccc3)nc(-c3cccc(-n4c5ccccc5c5c6oc7c(ccc8c7c7ccccc7n8-c7ccccc7)c6ccc54)c3)n2)cc1. The molecule has 0 unspecified atom stereocenters. The summed E-state index contributed by atoms with van der Waals surface area (Å²) in [5.74, 6) is 1.88. The molecule has 0 aliphatic rings. The van der Waals surface area contributed by atoms with Gasteiger partial charge in [0.05, 0.1) is 32.8 Å². The number of para-hydroxylation sites is 3. The summed E-state index contributed by atoms with van der Waals surface area (Å²) in [7, 11) is 0. The quantitative estimate of drug-likeness (QED) is 0.177. The van der Waals surface area contributed by atoms with Crippen LogP contribution in [0.4, 0.5) is 0 Å². The maximum atomic E-state index is 7.14. The third kappa shape index (κ3) is 4.81. The van der Waals surface area contributed by atoms with E-state index in [4.69, 9.17) is 19.4 Å². The lowest BCUT2D eigenvalue weighted by atomic mass is 10.1. The average Bonchev–Trinajstić information content (AvgIpc) is 3.95. The highest BCUT2D eigenvalue weighted by molar-refractivity contribution is 6.29. The van der Waals surface area contributed by atoms with Crippen LogP contribution in [0.5, 0.6) is 0 Å². The van der Waals surface area contributed by atoms with Gasteiger partial charge in [-0.2, -0.15) is 0 Å². The topological polar surface area (TPSA) is 61.7 Å². The van der Waals surface area contributed by atoms with Crippen LogP contribution in [0.1, 0.15) is 0 Å². The van der Waals surface area contributed by atoms with E-state index < -0.39 is 0 Å². The van der Waals surface area contributed by atoms with Gasteiger partial charge in [-0.15, -0.1) is 0 Å². The molecule has 0 atom stereocenters. The summed E-state index contributed by atoms with van der Waals surface area (Å²) in [5, 5.41) is 6.70. The number of furan rings is 1. The number of aromatic nitrogens is 5. The molecule has 6 nitrogen and oxygen atoms in total. The third-order valence-corrected chi connectivity index (χ3v) is 11.2. The molecule has 0 radical (unpaired) electrons. The molecule has 0 amide bonds. The van der Waals surface area contributed by atoms with Gasteiger partial charge in [0.2, 0.25) is 0 Å². The minimum Gasteiger partial charge on any atom is -0.455 e. The van der Waals surface area contributed by atoms with Crippen LogP contribution < -0.4 is 0 Å². The minimum absolute atomic E-state index is 0.615. The van der Waals surface area contributed by atoms with Gasteiger partial charge >= 0.3 is 0 Å². The molecule has 0 bridgehead atoms. The Morgan fingerprint density at radius 2 is 0.737 bits per heavy atom. The summed E-state index contributed by atoms with van der Waals surface area (Å²) >= 11 is 0. The van der Waals surface area contributed by atoms with E-state index >= 15 is 0 Å². The number of hydrogen-bond donors (Lipinski definition) is 0. The molecule has 0 fully saturated rings. The Kier molecular flexibility index (Phi) is 6.83. The molecule has 8 aromatic carbocycles. The van der Waals surface area contributed by atoms with Crippen LogP contribution in [0, 0.1) is 0 Å². The Labute approximate surface area is 326 Å². The number of fused-ring (bicyclic) bond motifs is 11. The predicted molar refractivity (Wildman–Crippen MR) is 232 cm³/mol. The lowest BCUT2D eigenvalue weighted by molar-refractivity contribution is 0.677. The second-order valence-corrected chi connectivity index (χ2v) is 14.4. The highest BCUT2D eigenvalue weighted by Crippen LogP contribution is 2.45. The molecular formula is C51H31N5O. The Hall–Kier alpha value is -7.83. The molecule has 0 aliphatic heterocycles. The second-order valence-electron chi connectivity index (χ2n) is 14.4. The molecular weight excluding hydrogens is 699 g/mol. The van der Waals surface area contributed by atoms with Crippen molar-refractivity contribution in [2.24, 2.45) is 0 Å². The minimum atomic E-state index is 0.615. The van der Waals surface area contributed by atoms with Crippen LogP contribution in [0.15, 0.2) is 192 Å². The van der Waals surface area contributed by atoms with Crippen LogP contribution in [0.2, 0.25) is 0 Å². The molecule has 0 N–H and O–H groups in total. The number of nitrogens with zero attached hydrogens (tertiary/aromatic N) is 5. The van der Waals surface area contributed by atoms with Crippen molar-refractivity contribution in [3.8, 4) is 45.5 Å². The van der Waals surface area contributed by atoms with Gasteiger partial charge in [0, 0.05) is 49.6 Å². The standard InChI is InChI=1S/C51H31N5O/c1-4-15-32(16-5-1)49-52-50(33-17-6-2-7-18-33)54-51(53-49)34-19-14-22-36(31-34)56-42-26-13-11-24-40(42)46-44(56)30-28-38-37-27-29-43-45(47(37)57-48(38)46)39-23-10-12-25-41(39)55(43)35-20-8-3-9-21-35/h1-31H. The van der Waals surface area contributed by atoms with Gasteiger partial charge in [0.25, 0.3) is 0 Å². The smallest absolute Gasteiger partial charge is 0.164 e. The summed E-state index contributed by atoms with van der Waals surface area (Å²) in [6, 6.07) is 65.3. The first-order valence-corrected chi connectivity index (χ1v) is 19.1. The molecule has 0 saturated heterocycles. The van der Waals surface area contributed by atoms with Gasteiger partial charge in [-0.1, -0.05) is 127 Å². The average molecular weight is 730 g/mol. The van der Waals surface area contributed by atoms with Crippen molar-refractivity contribution in [2.45, 2.75) is 0 Å². The van der Waals surface area contributed by atoms with E-state index in [2.05, 4.69) is 137 Å². The summed E-state index contributed by atoms with van der Waals surface area (Å²) < 4.78 is 11.8. The van der Waals surface area contributed by atoms with E-state index in [0.717, 1.165) is 88.2 Å². The number of rotatable bonds is 5. The fraction of sp³-hybridized carbons (Fsp3) is 0. The number of benzene rings is 8. The van der Waals surface area contributed by atoms with Crippen molar-refractivity contribution in [3.63, 3.8) is 0 Å². The Balaban J connectivity index is 1.08. The normalized spacial score (nSPS) is 11.9. The number of hydrogen-bond acceptors (Lipinski definition) is 4. The van der Waals surface area contributed by atoms with Crippen molar-refractivity contribution in [3.05, 3.63) is 188 Å². The van der Waals surface area contributed by atoms with Gasteiger partial charge in [-0.3, -0.25) is 0 Å². The van der Waals surface area contributed by atoms with Crippen LogP contribution >= 0.6 is 0 Å². The lowest BCUT2D eigenvalue weighted by Gasteiger charge is -2.11. The highest BCUT2D eigenvalue weighted by atomic mass is 16.3. The van der Waals surface area contributed by atoms with Crippen LogP contribution in [0.25, 0.3) is 111 Å². The van der Waals surface area contributed by atoms with Crippen molar-refractivity contribution in [1.29, 1.82) is 0 Å². The van der Waals surface area contributed by atoms with E-state index in [1.54, 1.807) is 0 Å². The van der Waals surface area contributed by atoms with Crippen molar-refractivity contribution in [1.82, 2.24) is 24.1 Å². The highest BCUT2D eigenvalue weighted by Gasteiger charge is 2.23. The maximum absolute atomic E-state index is 7.14. The molecule has 0 aliphatic carbocycles. The largest absolute Gasteiger partial charge is 0.455 e. The maximum Gasteiger partial charge on any atom is 0.164 e. The van der Waals surface area contributed by atoms with Gasteiger partial charge in [0.1, 0.15) is 11.2 Å². The van der Waals surface area contributed by atoms with Crippen LogP contribution in [-0.4, -0.2) is 24.1 Å². The second kappa shape index (κ2) is 12.3. The summed E-state index contributed by atoms with van der Waals surface area (Å²) in [6.45, 7) is 0. The predicted octanol–water partition coefficient (Wildman–Crippen LogP) is 13.0. The third-order valence-electron chi connectivity index (χ3n) is 11.2. The summed E-state index contributed by atoms with van der Waals surface area (Å²) in [6.07, 6.45) is 0. The van der Waals surface area contributed by atoms with Gasteiger partial charge in [-0.05, 0) is 60.7 Å². The Bertz CT molecular complexity index is 3450. The van der Waals surface area contributed by atoms with E-state index in [1.165, 1.54) is 5.39 Å². The molecule has 57 heavy (non-hydrogen) atoms. The molecule has 12 aromatic rings. The van der Waals surface area contributed by atoms with Gasteiger partial charge < -0.3 is 13.6 Å². The molecule has 0 spiro atoms.